The molecule has 21 heavy (non-hydrogen) atoms. The van der Waals surface area contributed by atoms with Gasteiger partial charge >= 0.3 is 0 Å². The van der Waals surface area contributed by atoms with E-state index in [1.165, 1.54) is 6.42 Å². The van der Waals surface area contributed by atoms with Crippen molar-refractivity contribution in [2.45, 2.75) is 38.7 Å². The number of amides is 1. The Balaban J connectivity index is 1.58. The highest BCUT2D eigenvalue weighted by Crippen LogP contribution is 2.30. The molecule has 1 saturated carbocycles. The first-order valence-electron chi connectivity index (χ1n) is 7.46. The minimum atomic E-state index is -0.648. The number of rotatable bonds is 2. The van der Waals surface area contributed by atoms with Gasteiger partial charge in [-0.25, -0.2) is 5.43 Å². The first-order chi connectivity index (χ1) is 10.2. The lowest BCUT2D eigenvalue weighted by molar-refractivity contribution is -0.130. The molecular formula is C16H20N2O3. The number of para-hydroxylation sites is 2. The van der Waals surface area contributed by atoms with Gasteiger partial charge in [0.05, 0.1) is 0 Å². The van der Waals surface area contributed by atoms with Crippen LogP contribution in [0.1, 0.15) is 32.6 Å². The molecule has 0 spiro atoms. The Labute approximate surface area is 124 Å². The van der Waals surface area contributed by atoms with Gasteiger partial charge in [-0.3, -0.25) is 4.79 Å². The Hall–Kier alpha value is -2.04. The first kappa shape index (κ1) is 13.9. The van der Waals surface area contributed by atoms with Crippen molar-refractivity contribution >= 4 is 11.6 Å². The molecule has 5 nitrogen and oxygen atoms in total. The summed E-state index contributed by atoms with van der Waals surface area (Å²) >= 11 is 0. The van der Waals surface area contributed by atoms with Gasteiger partial charge in [0.2, 0.25) is 6.10 Å². The zero-order valence-corrected chi connectivity index (χ0v) is 12.2. The van der Waals surface area contributed by atoms with Gasteiger partial charge in [-0.1, -0.05) is 19.1 Å². The molecule has 1 aliphatic heterocycles. The number of carbonyl (C=O) groups excluding carboxylic acids is 1. The monoisotopic (exact) mass is 288 g/mol. The molecule has 0 saturated heterocycles. The SMILES string of the molecule is CC1CCC/C(=N\NC(=O)C2COc3ccccc3O2)C1. The topological polar surface area (TPSA) is 59.9 Å². The molecule has 2 aliphatic rings. The second-order valence-electron chi connectivity index (χ2n) is 5.72. The molecule has 3 rings (SSSR count). The molecule has 0 radical (unpaired) electrons. The van der Waals surface area contributed by atoms with Crippen molar-refractivity contribution in [3.63, 3.8) is 0 Å². The van der Waals surface area contributed by atoms with Crippen molar-refractivity contribution in [1.29, 1.82) is 0 Å². The summed E-state index contributed by atoms with van der Waals surface area (Å²) in [7, 11) is 0. The maximum absolute atomic E-state index is 12.1. The molecular weight excluding hydrogens is 268 g/mol. The lowest BCUT2D eigenvalue weighted by Crippen LogP contribution is -2.42. The van der Waals surface area contributed by atoms with E-state index in [9.17, 15) is 4.79 Å². The summed E-state index contributed by atoms with van der Waals surface area (Å²) in [6.45, 7) is 2.43. The van der Waals surface area contributed by atoms with Crippen LogP contribution in [0, 0.1) is 5.92 Å². The molecule has 1 amide bonds. The summed E-state index contributed by atoms with van der Waals surface area (Å²) in [4.78, 5) is 12.1. The third-order valence-corrected chi connectivity index (χ3v) is 3.87. The molecule has 112 valence electrons. The lowest BCUT2D eigenvalue weighted by atomic mass is 9.89. The van der Waals surface area contributed by atoms with Gasteiger partial charge in [0.15, 0.2) is 11.5 Å². The van der Waals surface area contributed by atoms with Gasteiger partial charge in [-0.2, -0.15) is 5.10 Å². The predicted molar refractivity (Wildman–Crippen MR) is 79.6 cm³/mol. The standard InChI is InChI=1S/C16H20N2O3/c1-11-5-4-6-12(9-11)17-18-16(19)15-10-20-13-7-2-3-8-14(13)21-15/h2-3,7-8,11,15H,4-6,9-10H2,1H3,(H,18,19)/b17-12+. The van der Waals surface area contributed by atoms with Crippen molar-refractivity contribution in [1.82, 2.24) is 5.43 Å². The molecule has 1 aromatic rings. The Kier molecular flexibility index (Phi) is 4.08. The van der Waals surface area contributed by atoms with E-state index in [0.29, 0.717) is 17.4 Å². The zero-order chi connectivity index (χ0) is 14.7. The molecule has 0 bridgehead atoms. The Morgan fingerprint density at radius 3 is 2.95 bits per heavy atom. The van der Waals surface area contributed by atoms with Crippen LogP contribution in [0.3, 0.4) is 0 Å². The van der Waals surface area contributed by atoms with Gasteiger partial charge in [-0.15, -0.1) is 0 Å². The van der Waals surface area contributed by atoms with Crippen LogP contribution in [0.25, 0.3) is 0 Å². The zero-order valence-electron chi connectivity index (χ0n) is 12.2. The summed E-state index contributed by atoms with van der Waals surface area (Å²) in [5.41, 5.74) is 3.69. The largest absolute Gasteiger partial charge is 0.485 e. The minimum Gasteiger partial charge on any atom is -0.485 e. The molecule has 2 atom stereocenters. The normalized spacial score (nSPS) is 26.4. The number of benzene rings is 1. The summed E-state index contributed by atoms with van der Waals surface area (Å²) in [6, 6.07) is 7.35. The predicted octanol–water partition coefficient (Wildman–Crippen LogP) is 2.51. The highest BCUT2D eigenvalue weighted by atomic mass is 16.6. The van der Waals surface area contributed by atoms with Crippen molar-refractivity contribution in [3.05, 3.63) is 24.3 Å². The number of hydrogen-bond acceptors (Lipinski definition) is 4. The van der Waals surface area contributed by atoms with Crippen LogP contribution in [0.4, 0.5) is 0 Å². The minimum absolute atomic E-state index is 0.212. The van der Waals surface area contributed by atoms with Crippen LogP contribution in [-0.4, -0.2) is 24.3 Å². The van der Waals surface area contributed by atoms with E-state index in [1.54, 1.807) is 6.07 Å². The number of nitrogens with one attached hydrogen (secondary N) is 1. The fourth-order valence-corrected chi connectivity index (χ4v) is 2.72. The van der Waals surface area contributed by atoms with Crippen molar-refractivity contribution in [2.75, 3.05) is 6.61 Å². The summed E-state index contributed by atoms with van der Waals surface area (Å²) in [5.74, 6) is 1.67. The number of hydrazone groups is 1. The second-order valence-corrected chi connectivity index (χ2v) is 5.72. The molecule has 1 N–H and O–H groups in total. The molecule has 1 fully saturated rings. The van der Waals surface area contributed by atoms with E-state index < -0.39 is 6.10 Å². The number of carbonyl (C=O) groups is 1. The average molecular weight is 288 g/mol. The fraction of sp³-hybridized carbons (Fsp3) is 0.500. The van der Waals surface area contributed by atoms with Gasteiger partial charge < -0.3 is 9.47 Å². The average Bonchev–Trinajstić information content (AvgIpc) is 2.52. The van der Waals surface area contributed by atoms with E-state index in [4.69, 9.17) is 9.47 Å². The van der Waals surface area contributed by atoms with Crippen LogP contribution >= 0.6 is 0 Å². The number of fused-ring (bicyclic) bond motifs is 1. The molecule has 2 unspecified atom stereocenters. The van der Waals surface area contributed by atoms with Crippen LogP contribution in [-0.2, 0) is 4.79 Å². The van der Waals surface area contributed by atoms with Crippen molar-refractivity contribution in [2.24, 2.45) is 11.0 Å². The number of hydrogen-bond donors (Lipinski definition) is 1. The Morgan fingerprint density at radius 1 is 1.33 bits per heavy atom. The summed E-state index contributed by atoms with van der Waals surface area (Å²) in [6.07, 6.45) is 3.67. The molecule has 1 aliphatic carbocycles. The van der Waals surface area contributed by atoms with Crippen molar-refractivity contribution in [3.8, 4) is 11.5 Å². The molecule has 5 heteroatoms. The quantitative estimate of drug-likeness (QED) is 0.851. The number of ether oxygens (including phenoxy) is 2. The molecule has 1 aromatic carbocycles. The Bertz CT molecular complexity index is 556. The lowest BCUT2D eigenvalue weighted by Gasteiger charge is -2.25. The highest BCUT2D eigenvalue weighted by Gasteiger charge is 2.27. The van der Waals surface area contributed by atoms with Gasteiger partial charge in [0, 0.05) is 5.71 Å². The van der Waals surface area contributed by atoms with Crippen LogP contribution in [0.5, 0.6) is 11.5 Å². The summed E-state index contributed by atoms with van der Waals surface area (Å²) < 4.78 is 11.2. The van der Waals surface area contributed by atoms with E-state index in [0.717, 1.165) is 25.0 Å². The third kappa shape index (κ3) is 3.35. The molecule has 0 aromatic heterocycles. The smallest absolute Gasteiger partial charge is 0.284 e. The Morgan fingerprint density at radius 2 is 2.14 bits per heavy atom. The molecule has 1 heterocycles. The fourth-order valence-electron chi connectivity index (χ4n) is 2.72. The van der Waals surface area contributed by atoms with Crippen molar-refractivity contribution < 1.29 is 14.3 Å². The maximum Gasteiger partial charge on any atom is 0.284 e. The van der Waals surface area contributed by atoms with Gasteiger partial charge in [0.1, 0.15) is 6.61 Å². The van der Waals surface area contributed by atoms with Crippen LogP contribution in [0.15, 0.2) is 29.4 Å². The maximum atomic E-state index is 12.1. The second kappa shape index (κ2) is 6.16. The highest BCUT2D eigenvalue weighted by molar-refractivity contribution is 5.88. The van der Waals surface area contributed by atoms with Crippen LogP contribution in [0.2, 0.25) is 0 Å². The van der Waals surface area contributed by atoms with Crippen LogP contribution < -0.4 is 14.9 Å². The van der Waals surface area contributed by atoms with E-state index >= 15 is 0 Å². The first-order valence-corrected chi connectivity index (χ1v) is 7.46. The van der Waals surface area contributed by atoms with E-state index in [1.807, 2.05) is 18.2 Å². The van der Waals surface area contributed by atoms with Gasteiger partial charge in [-0.05, 0) is 43.7 Å². The van der Waals surface area contributed by atoms with E-state index in [2.05, 4.69) is 17.5 Å². The third-order valence-electron chi connectivity index (χ3n) is 3.87. The summed E-state index contributed by atoms with van der Waals surface area (Å²) in [5, 5.41) is 4.25. The van der Waals surface area contributed by atoms with E-state index in [-0.39, 0.29) is 12.5 Å². The van der Waals surface area contributed by atoms with Gasteiger partial charge in [0.25, 0.3) is 5.91 Å². The number of nitrogens with zero attached hydrogens (tertiary/aromatic N) is 1.